The number of hydrogen-bond acceptors (Lipinski definition) is 3. The van der Waals surface area contributed by atoms with Crippen molar-refractivity contribution in [1.29, 1.82) is 0 Å². The highest BCUT2D eigenvalue weighted by molar-refractivity contribution is 9.10. The highest BCUT2D eigenvalue weighted by atomic mass is 79.9. The Hall–Kier alpha value is -1.23. The molecule has 12 heavy (non-hydrogen) atoms. The van der Waals surface area contributed by atoms with E-state index >= 15 is 0 Å². The fraction of sp³-hybridized carbons (Fsp3) is 0. The smallest absolute Gasteiger partial charge is 0.157 e. The third kappa shape index (κ3) is 1.02. The number of aldehydes is 1. The Labute approximate surface area is 76.1 Å². The number of carbonyl (C=O) groups excluding carboxylic acids is 1. The first-order chi connectivity index (χ1) is 5.81. The number of aromatic nitrogens is 3. The van der Waals surface area contributed by atoms with Gasteiger partial charge in [-0.25, -0.2) is 4.98 Å². The molecule has 5 heteroatoms. The molecule has 0 radical (unpaired) electrons. The van der Waals surface area contributed by atoms with E-state index in [2.05, 4.69) is 31.1 Å². The summed E-state index contributed by atoms with van der Waals surface area (Å²) >= 11 is 3.19. The molecule has 0 atom stereocenters. The highest BCUT2D eigenvalue weighted by Crippen LogP contribution is 2.17. The van der Waals surface area contributed by atoms with E-state index in [1.165, 1.54) is 0 Å². The lowest BCUT2D eigenvalue weighted by Crippen LogP contribution is -1.85. The second kappa shape index (κ2) is 2.67. The van der Waals surface area contributed by atoms with Crippen LogP contribution in [0.5, 0.6) is 0 Å². The zero-order valence-electron chi connectivity index (χ0n) is 5.91. The molecule has 0 unspecified atom stereocenters. The van der Waals surface area contributed by atoms with Crippen LogP contribution >= 0.6 is 15.9 Å². The van der Waals surface area contributed by atoms with Crippen LogP contribution in [0.25, 0.3) is 11.0 Å². The molecule has 0 bridgehead atoms. The van der Waals surface area contributed by atoms with Crippen LogP contribution in [0.1, 0.15) is 10.4 Å². The van der Waals surface area contributed by atoms with Crippen molar-refractivity contribution in [3.63, 3.8) is 0 Å². The molecule has 0 aromatic carbocycles. The molecule has 1 N–H and O–H groups in total. The Morgan fingerprint density at radius 1 is 1.58 bits per heavy atom. The van der Waals surface area contributed by atoms with Crippen LogP contribution in [-0.2, 0) is 0 Å². The van der Waals surface area contributed by atoms with Gasteiger partial charge in [0.15, 0.2) is 11.9 Å². The summed E-state index contributed by atoms with van der Waals surface area (Å²) in [6.45, 7) is 0. The molecule has 2 aromatic rings. The first-order valence-corrected chi connectivity index (χ1v) is 4.05. The van der Waals surface area contributed by atoms with Gasteiger partial charge >= 0.3 is 0 Å². The van der Waals surface area contributed by atoms with Crippen LogP contribution < -0.4 is 0 Å². The SMILES string of the molecule is O=Cc1cc(Br)nc2[nH]ncc12. The Morgan fingerprint density at radius 2 is 2.42 bits per heavy atom. The van der Waals surface area contributed by atoms with Gasteiger partial charge in [-0.1, -0.05) is 0 Å². The minimum absolute atomic E-state index is 0.584. The summed E-state index contributed by atoms with van der Waals surface area (Å²) in [6.07, 6.45) is 2.36. The number of pyridine rings is 1. The fourth-order valence-electron chi connectivity index (χ4n) is 1.02. The molecule has 0 aliphatic rings. The predicted molar refractivity (Wildman–Crippen MR) is 47.0 cm³/mol. The van der Waals surface area contributed by atoms with Crippen molar-refractivity contribution in [3.8, 4) is 0 Å². The third-order valence-electron chi connectivity index (χ3n) is 1.55. The van der Waals surface area contributed by atoms with Gasteiger partial charge < -0.3 is 0 Å². The quantitative estimate of drug-likeness (QED) is 0.592. The van der Waals surface area contributed by atoms with E-state index in [9.17, 15) is 4.79 Å². The number of halogens is 1. The van der Waals surface area contributed by atoms with Gasteiger partial charge in [0.05, 0.1) is 6.20 Å². The van der Waals surface area contributed by atoms with Crippen molar-refractivity contribution >= 4 is 33.2 Å². The summed E-state index contributed by atoms with van der Waals surface area (Å²) in [5, 5.41) is 7.21. The molecule has 0 fully saturated rings. The number of carbonyl (C=O) groups is 1. The number of fused-ring (bicyclic) bond motifs is 1. The molecular formula is C7H4BrN3O. The van der Waals surface area contributed by atoms with E-state index in [4.69, 9.17) is 0 Å². The molecule has 0 aliphatic heterocycles. The maximum absolute atomic E-state index is 10.6. The third-order valence-corrected chi connectivity index (χ3v) is 1.96. The number of rotatable bonds is 1. The van der Waals surface area contributed by atoms with Gasteiger partial charge in [0.1, 0.15) is 4.60 Å². The van der Waals surface area contributed by atoms with Gasteiger partial charge in [0.25, 0.3) is 0 Å². The Morgan fingerprint density at radius 3 is 3.17 bits per heavy atom. The lowest BCUT2D eigenvalue weighted by Gasteiger charge is -1.93. The van der Waals surface area contributed by atoms with E-state index in [1.807, 2.05) is 0 Å². The van der Waals surface area contributed by atoms with Crippen molar-refractivity contribution in [3.05, 3.63) is 22.4 Å². The topological polar surface area (TPSA) is 58.6 Å². The summed E-state index contributed by atoms with van der Waals surface area (Å²) in [5.74, 6) is 0. The number of hydrogen-bond donors (Lipinski definition) is 1. The zero-order chi connectivity index (χ0) is 8.55. The average molecular weight is 226 g/mol. The van der Waals surface area contributed by atoms with Crippen molar-refractivity contribution in [2.75, 3.05) is 0 Å². The minimum Gasteiger partial charge on any atom is -0.298 e. The summed E-state index contributed by atoms with van der Waals surface area (Å²) in [6, 6.07) is 1.66. The van der Waals surface area contributed by atoms with Gasteiger partial charge in [0, 0.05) is 10.9 Å². The van der Waals surface area contributed by atoms with Crippen LogP contribution in [-0.4, -0.2) is 21.5 Å². The monoisotopic (exact) mass is 225 g/mol. The van der Waals surface area contributed by atoms with Gasteiger partial charge in [0.2, 0.25) is 0 Å². The number of aromatic amines is 1. The fourth-order valence-corrected chi connectivity index (χ4v) is 1.44. The van der Waals surface area contributed by atoms with Crippen LogP contribution in [0.4, 0.5) is 0 Å². The second-order valence-corrected chi connectivity index (χ2v) is 3.10. The molecule has 0 saturated heterocycles. The lowest BCUT2D eigenvalue weighted by atomic mass is 10.2. The minimum atomic E-state index is 0.584. The summed E-state index contributed by atoms with van der Waals surface area (Å²) in [7, 11) is 0. The Balaban J connectivity index is 2.88. The molecule has 2 aromatic heterocycles. The maximum atomic E-state index is 10.6. The van der Waals surface area contributed by atoms with E-state index < -0.39 is 0 Å². The maximum Gasteiger partial charge on any atom is 0.157 e. The molecule has 4 nitrogen and oxygen atoms in total. The number of nitrogens with one attached hydrogen (secondary N) is 1. The normalized spacial score (nSPS) is 10.4. The van der Waals surface area contributed by atoms with Crippen molar-refractivity contribution < 1.29 is 4.79 Å². The van der Waals surface area contributed by atoms with Crippen LogP contribution in [0.2, 0.25) is 0 Å². The first-order valence-electron chi connectivity index (χ1n) is 3.26. The molecule has 2 heterocycles. The van der Waals surface area contributed by atoms with E-state index in [0.717, 1.165) is 11.7 Å². The summed E-state index contributed by atoms with van der Waals surface area (Å²) in [5.41, 5.74) is 1.20. The predicted octanol–water partition coefficient (Wildman–Crippen LogP) is 1.53. The van der Waals surface area contributed by atoms with Crippen molar-refractivity contribution in [2.24, 2.45) is 0 Å². The van der Waals surface area contributed by atoms with Crippen molar-refractivity contribution in [2.45, 2.75) is 0 Å². The summed E-state index contributed by atoms with van der Waals surface area (Å²) in [4.78, 5) is 14.7. The molecule has 0 saturated carbocycles. The Bertz CT molecular complexity index is 437. The molecular weight excluding hydrogens is 222 g/mol. The molecule has 0 amide bonds. The van der Waals surface area contributed by atoms with Crippen LogP contribution in [0.3, 0.4) is 0 Å². The zero-order valence-corrected chi connectivity index (χ0v) is 7.50. The molecule has 0 aliphatic carbocycles. The van der Waals surface area contributed by atoms with Gasteiger partial charge in [-0.2, -0.15) is 5.10 Å². The van der Waals surface area contributed by atoms with E-state index in [1.54, 1.807) is 12.3 Å². The lowest BCUT2D eigenvalue weighted by molar-refractivity contribution is 0.112. The molecule has 0 spiro atoms. The molecule has 60 valence electrons. The van der Waals surface area contributed by atoms with Crippen LogP contribution in [0, 0.1) is 0 Å². The first kappa shape index (κ1) is 7.42. The highest BCUT2D eigenvalue weighted by Gasteiger charge is 2.04. The number of nitrogens with zero attached hydrogens (tertiary/aromatic N) is 2. The number of H-pyrrole nitrogens is 1. The van der Waals surface area contributed by atoms with Gasteiger partial charge in [-0.3, -0.25) is 9.89 Å². The standard InChI is InChI=1S/C7H4BrN3O/c8-6-1-4(3-12)5-2-9-11-7(5)10-6/h1-3H,(H,9,10,11). The largest absolute Gasteiger partial charge is 0.298 e. The Kier molecular flexibility index (Phi) is 1.65. The average Bonchev–Trinajstić information content (AvgIpc) is 2.50. The van der Waals surface area contributed by atoms with Crippen LogP contribution in [0.15, 0.2) is 16.9 Å². The van der Waals surface area contributed by atoms with Gasteiger partial charge in [-0.15, -0.1) is 0 Å². The van der Waals surface area contributed by atoms with Gasteiger partial charge in [-0.05, 0) is 22.0 Å². The van der Waals surface area contributed by atoms with E-state index in [-0.39, 0.29) is 0 Å². The van der Waals surface area contributed by atoms with Crippen molar-refractivity contribution in [1.82, 2.24) is 15.2 Å². The van der Waals surface area contributed by atoms with E-state index in [0.29, 0.717) is 15.8 Å². The molecule has 2 rings (SSSR count). The second-order valence-electron chi connectivity index (χ2n) is 2.28. The summed E-state index contributed by atoms with van der Waals surface area (Å²) < 4.78 is 0.626.